The summed E-state index contributed by atoms with van der Waals surface area (Å²) in [6, 6.07) is 12.0. The lowest BCUT2D eigenvalue weighted by Crippen LogP contribution is -2.18. The zero-order chi connectivity index (χ0) is 19.6. The zero-order valence-corrected chi connectivity index (χ0v) is 14.5. The van der Waals surface area contributed by atoms with Gasteiger partial charge < -0.3 is 20.7 Å². The Kier molecular flexibility index (Phi) is 4.85. The molecule has 3 aromatic rings. The van der Waals surface area contributed by atoms with Crippen molar-refractivity contribution < 1.29 is 19.7 Å². The third-order valence-electron chi connectivity index (χ3n) is 4.04. The van der Waals surface area contributed by atoms with Crippen LogP contribution in [0.3, 0.4) is 0 Å². The topological polar surface area (TPSA) is 115 Å². The van der Waals surface area contributed by atoms with Crippen LogP contribution in [0.25, 0.3) is 5.69 Å². The zero-order valence-electron chi connectivity index (χ0n) is 14.5. The second-order valence-corrected chi connectivity index (χ2v) is 5.78. The average Bonchev–Trinajstić information content (AvgIpc) is 2.67. The molecule has 7 nitrogen and oxygen atoms in total. The second kappa shape index (κ2) is 7.25. The Hall–Kier alpha value is -3.74. The number of benzene rings is 2. The van der Waals surface area contributed by atoms with Gasteiger partial charge in [0.1, 0.15) is 17.2 Å². The predicted molar refractivity (Wildman–Crippen MR) is 101 cm³/mol. The van der Waals surface area contributed by atoms with E-state index in [4.69, 9.17) is 10.5 Å². The molecule has 0 aliphatic rings. The molecule has 0 amide bonds. The summed E-state index contributed by atoms with van der Waals surface area (Å²) < 4.78 is 6.70. The molecule has 7 heteroatoms. The van der Waals surface area contributed by atoms with Gasteiger partial charge in [-0.15, -0.1) is 0 Å². The lowest BCUT2D eigenvalue weighted by Gasteiger charge is -2.11. The number of carbonyl (C=O) groups is 1. The van der Waals surface area contributed by atoms with Crippen LogP contribution in [-0.2, 0) is 0 Å². The highest BCUT2D eigenvalue weighted by Crippen LogP contribution is 2.34. The van der Waals surface area contributed by atoms with Crippen molar-refractivity contribution >= 4 is 11.5 Å². The van der Waals surface area contributed by atoms with Gasteiger partial charge in [-0.3, -0.25) is 14.2 Å². The van der Waals surface area contributed by atoms with Gasteiger partial charge in [0.2, 0.25) is 0 Å². The first kappa shape index (κ1) is 18.1. The minimum absolute atomic E-state index is 0.0674. The maximum absolute atomic E-state index is 12.7. The summed E-state index contributed by atoms with van der Waals surface area (Å²) in [5.41, 5.74) is 5.65. The van der Waals surface area contributed by atoms with Crippen LogP contribution in [-0.4, -0.2) is 27.2 Å². The minimum Gasteiger partial charge on any atom is -0.506 e. The van der Waals surface area contributed by atoms with Crippen LogP contribution in [0, 0.1) is 0 Å². The summed E-state index contributed by atoms with van der Waals surface area (Å²) >= 11 is 0. The van der Waals surface area contributed by atoms with Crippen LogP contribution < -0.4 is 16.0 Å². The second-order valence-electron chi connectivity index (χ2n) is 5.78. The Morgan fingerprint density at radius 3 is 2.44 bits per heavy atom. The molecule has 27 heavy (non-hydrogen) atoms. The van der Waals surface area contributed by atoms with Gasteiger partial charge in [-0.25, -0.2) is 0 Å². The van der Waals surface area contributed by atoms with Crippen molar-refractivity contribution in [2.45, 2.75) is 6.92 Å². The van der Waals surface area contributed by atoms with E-state index in [2.05, 4.69) is 0 Å². The molecule has 1 aromatic heterocycles. The number of phenolic OH excluding ortho intramolecular Hbond substituents is 2. The molecular weight excluding hydrogens is 348 g/mol. The Morgan fingerprint density at radius 1 is 1.07 bits per heavy atom. The van der Waals surface area contributed by atoms with E-state index in [0.29, 0.717) is 18.0 Å². The fourth-order valence-electron chi connectivity index (χ4n) is 2.63. The van der Waals surface area contributed by atoms with E-state index >= 15 is 0 Å². The summed E-state index contributed by atoms with van der Waals surface area (Å²) in [7, 11) is 0. The van der Waals surface area contributed by atoms with Gasteiger partial charge in [-0.2, -0.15) is 0 Å². The van der Waals surface area contributed by atoms with Gasteiger partial charge in [0.15, 0.2) is 11.5 Å². The fraction of sp³-hybridized carbons (Fsp3) is 0.100. The molecule has 3 rings (SSSR count). The summed E-state index contributed by atoms with van der Waals surface area (Å²) in [5, 5.41) is 19.6. The average molecular weight is 366 g/mol. The van der Waals surface area contributed by atoms with E-state index in [-0.39, 0.29) is 28.1 Å². The quantitative estimate of drug-likeness (QED) is 0.363. The van der Waals surface area contributed by atoms with Crippen molar-refractivity contribution in [3.8, 4) is 22.9 Å². The number of nitrogen functional groups attached to an aromatic ring is 1. The summed E-state index contributed by atoms with van der Waals surface area (Å²) in [6.07, 6.45) is 1.39. The van der Waals surface area contributed by atoms with Crippen LogP contribution in [0.1, 0.15) is 22.8 Å². The van der Waals surface area contributed by atoms with Crippen molar-refractivity contribution in [2.75, 3.05) is 12.3 Å². The van der Waals surface area contributed by atoms with Gasteiger partial charge in [0, 0.05) is 23.5 Å². The molecule has 0 saturated carbocycles. The molecule has 0 radical (unpaired) electrons. The first-order chi connectivity index (χ1) is 12.9. The number of nitrogens with two attached hydrogens (primary N) is 1. The van der Waals surface area contributed by atoms with Crippen LogP contribution in [0.15, 0.2) is 59.5 Å². The number of phenols is 2. The molecule has 0 aliphatic heterocycles. The van der Waals surface area contributed by atoms with E-state index in [1.807, 2.05) is 6.92 Å². The van der Waals surface area contributed by atoms with E-state index in [1.54, 1.807) is 24.3 Å². The number of pyridine rings is 1. The van der Waals surface area contributed by atoms with Gasteiger partial charge in [-0.05, 0) is 49.4 Å². The minimum atomic E-state index is -0.529. The highest BCUT2D eigenvalue weighted by atomic mass is 16.5. The number of aromatic hydroxyl groups is 2. The first-order valence-corrected chi connectivity index (χ1v) is 8.23. The number of ether oxygens (including phenoxy) is 1. The van der Waals surface area contributed by atoms with Gasteiger partial charge in [0.05, 0.1) is 12.2 Å². The molecule has 0 atom stereocenters. The Balaban J connectivity index is 2.01. The number of nitrogens with zero attached hydrogens (tertiary/aromatic N) is 1. The largest absolute Gasteiger partial charge is 0.506 e. The van der Waals surface area contributed by atoms with Crippen LogP contribution in [0.5, 0.6) is 17.2 Å². The Morgan fingerprint density at radius 2 is 1.78 bits per heavy atom. The summed E-state index contributed by atoms with van der Waals surface area (Å²) in [5.74, 6) is -0.674. The number of carbonyl (C=O) groups excluding carboxylic acids is 1. The van der Waals surface area contributed by atoms with Crippen molar-refractivity contribution in [1.29, 1.82) is 0 Å². The molecule has 0 spiro atoms. The van der Waals surface area contributed by atoms with Crippen molar-refractivity contribution in [1.82, 2.24) is 4.57 Å². The van der Waals surface area contributed by atoms with E-state index in [1.165, 1.54) is 35.0 Å². The van der Waals surface area contributed by atoms with E-state index in [0.717, 1.165) is 0 Å². The van der Waals surface area contributed by atoms with Crippen LogP contribution in [0.2, 0.25) is 0 Å². The SMILES string of the molecule is CCOc1ccc(-n2cc(C(=O)c3ccc(O)c(N)c3O)ccc2=O)cc1. The molecule has 0 aliphatic carbocycles. The molecule has 0 fully saturated rings. The number of aromatic nitrogens is 1. The Labute approximate surface area is 154 Å². The lowest BCUT2D eigenvalue weighted by atomic mass is 10.0. The van der Waals surface area contributed by atoms with Crippen molar-refractivity contribution in [3.05, 3.63) is 76.2 Å². The molecular formula is C20H18N2O5. The molecule has 2 aromatic carbocycles. The highest BCUT2D eigenvalue weighted by molar-refractivity contribution is 6.11. The number of hydrogen-bond acceptors (Lipinski definition) is 6. The molecule has 1 heterocycles. The fourth-order valence-corrected chi connectivity index (χ4v) is 2.63. The standard InChI is InChI=1S/C20H18N2O5/c1-2-27-14-6-4-13(5-7-14)22-11-12(3-10-17(22)24)19(25)15-8-9-16(23)18(21)20(15)26/h3-11,23,26H,2,21H2,1H3. The monoisotopic (exact) mass is 366 g/mol. The maximum Gasteiger partial charge on any atom is 0.255 e. The van der Waals surface area contributed by atoms with Gasteiger partial charge in [-0.1, -0.05) is 0 Å². The third kappa shape index (κ3) is 3.48. The smallest absolute Gasteiger partial charge is 0.255 e. The molecule has 138 valence electrons. The molecule has 4 N–H and O–H groups in total. The van der Waals surface area contributed by atoms with Gasteiger partial charge >= 0.3 is 0 Å². The summed E-state index contributed by atoms with van der Waals surface area (Å²) in [4.78, 5) is 25.0. The van der Waals surface area contributed by atoms with Crippen molar-refractivity contribution in [2.24, 2.45) is 0 Å². The number of rotatable bonds is 5. The highest BCUT2D eigenvalue weighted by Gasteiger charge is 2.18. The molecule has 0 bridgehead atoms. The third-order valence-corrected chi connectivity index (χ3v) is 4.04. The van der Waals surface area contributed by atoms with E-state index < -0.39 is 11.5 Å². The van der Waals surface area contributed by atoms with Crippen molar-refractivity contribution in [3.63, 3.8) is 0 Å². The first-order valence-electron chi connectivity index (χ1n) is 8.23. The molecule has 0 unspecified atom stereocenters. The van der Waals surface area contributed by atoms with Crippen LogP contribution >= 0.6 is 0 Å². The Bertz CT molecular complexity index is 1050. The van der Waals surface area contributed by atoms with Crippen LogP contribution in [0.4, 0.5) is 5.69 Å². The predicted octanol–water partition coefficient (Wildman–Crippen LogP) is 2.46. The number of anilines is 1. The molecule has 0 saturated heterocycles. The maximum atomic E-state index is 12.7. The number of ketones is 1. The summed E-state index contributed by atoms with van der Waals surface area (Å²) in [6.45, 7) is 2.40. The van der Waals surface area contributed by atoms with Gasteiger partial charge in [0.25, 0.3) is 5.56 Å². The normalized spacial score (nSPS) is 10.6. The number of hydrogen-bond donors (Lipinski definition) is 3. The lowest BCUT2D eigenvalue weighted by molar-refractivity contribution is 0.103. The van der Waals surface area contributed by atoms with E-state index in [9.17, 15) is 19.8 Å².